The molecule has 0 aliphatic carbocycles. The number of carbonyl (C=O) groups is 3. The quantitative estimate of drug-likeness (QED) is 0.325. The number of allylic oxidation sites excluding steroid dienone is 1. The maximum atomic E-state index is 12.2. The van der Waals surface area contributed by atoms with E-state index in [0.717, 1.165) is 5.56 Å². The fourth-order valence-corrected chi connectivity index (χ4v) is 2.88. The van der Waals surface area contributed by atoms with E-state index in [1.165, 1.54) is 42.2 Å². The van der Waals surface area contributed by atoms with Gasteiger partial charge in [-0.3, -0.25) is 24.6 Å². The number of nitro benzene ring substituents is 1. The Labute approximate surface area is 172 Å². The lowest BCUT2D eigenvalue weighted by molar-refractivity contribution is -0.384. The first-order valence-electron chi connectivity index (χ1n) is 9.13. The van der Waals surface area contributed by atoms with Crippen LogP contribution in [-0.4, -0.2) is 41.9 Å². The van der Waals surface area contributed by atoms with Crippen molar-refractivity contribution < 1.29 is 24.0 Å². The number of amides is 2. The largest absolute Gasteiger partial charge is 0.442 e. The minimum Gasteiger partial charge on any atom is -0.442 e. The van der Waals surface area contributed by atoms with Crippen LogP contribution in [0.15, 0.2) is 54.6 Å². The molecule has 2 amide bonds. The van der Waals surface area contributed by atoms with Gasteiger partial charge in [-0.2, -0.15) is 0 Å². The highest BCUT2D eigenvalue weighted by Crippen LogP contribution is 2.22. The van der Waals surface area contributed by atoms with Gasteiger partial charge >= 0.3 is 6.09 Å². The van der Waals surface area contributed by atoms with Crippen molar-refractivity contribution in [2.24, 2.45) is 0 Å². The number of anilines is 1. The van der Waals surface area contributed by atoms with E-state index in [1.807, 2.05) is 0 Å². The van der Waals surface area contributed by atoms with Gasteiger partial charge in [0.2, 0.25) is 5.91 Å². The van der Waals surface area contributed by atoms with Crippen LogP contribution in [0.25, 0.3) is 6.08 Å². The van der Waals surface area contributed by atoms with E-state index >= 15 is 0 Å². The lowest BCUT2D eigenvalue weighted by Gasteiger charge is -2.13. The standard InChI is InChI=1S/C21H19N3O6/c1-14(25)22-12-19-13-23(21(27)30-19)17-7-2-15(3-8-17)4-11-20(26)16-5-9-18(10-6-16)24(28)29/h2-11,19H,12-13H2,1H3,(H,22,25)/b11-4+/t19-/m0/s1. The smallest absolute Gasteiger partial charge is 0.414 e. The molecular formula is C21H19N3O6. The third-order valence-corrected chi connectivity index (χ3v) is 4.45. The zero-order chi connectivity index (χ0) is 21.7. The normalized spacial score (nSPS) is 15.8. The Bertz CT molecular complexity index is 998. The molecule has 0 aromatic heterocycles. The van der Waals surface area contributed by atoms with Crippen molar-refractivity contribution in [3.05, 3.63) is 75.8 Å². The Morgan fingerprint density at radius 2 is 1.87 bits per heavy atom. The Balaban J connectivity index is 1.61. The molecule has 1 heterocycles. The summed E-state index contributed by atoms with van der Waals surface area (Å²) in [5.41, 5.74) is 1.66. The van der Waals surface area contributed by atoms with Crippen LogP contribution in [0.5, 0.6) is 0 Å². The molecule has 0 bridgehead atoms. The molecule has 1 saturated heterocycles. The monoisotopic (exact) mass is 409 g/mol. The molecule has 1 fully saturated rings. The third kappa shape index (κ3) is 5.07. The number of rotatable bonds is 7. The number of cyclic esters (lactones) is 1. The molecule has 0 saturated carbocycles. The fourth-order valence-electron chi connectivity index (χ4n) is 2.88. The first-order valence-corrected chi connectivity index (χ1v) is 9.13. The molecule has 0 spiro atoms. The predicted molar refractivity (Wildman–Crippen MR) is 109 cm³/mol. The highest BCUT2D eigenvalue weighted by molar-refractivity contribution is 6.06. The second-order valence-corrected chi connectivity index (χ2v) is 6.65. The molecule has 1 aliphatic heterocycles. The number of nitrogens with zero attached hydrogens (tertiary/aromatic N) is 2. The van der Waals surface area contributed by atoms with Crippen molar-refractivity contribution in [3.63, 3.8) is 0 Å². The molecule has 9 heteroatoms. The van der Waals surface area contributed by atoms with Crippen LogP contribution in [0.3, 0.4) is 0 Å². The lowest BCUT2D eigenvalue weighted by Crippen LogP contribution is -2.33. The highest BCUT2D eigenvalue weighted by Gasteiger charge is 2.32. The van der Waals surface area contributed by atoms with Gasteiger partial charge in [-0.1, -0.05) is 18.2 Å². The van der Waals surface area contributed by atoms with Crippen molar-refractivity contribution >= 4 is 35.2 Å². The molecule has 1 N–H and O–H groups in total. The molecule has 0 radical (unpaired) electrons. The van der Waals surface area contributed by atoms with Crippen molar-refractivity contribution in [2.75, 3.05) is 18.0 Å². The van der Waals surface area contributed by atoms with Crippen molar-refractivity contribution in [1.29, 1.82) is 0 Å². The Hall–Kier alpha value is -4.01. The number of nitrogens with one attached hydrogen (secondary N) is 1. The number of hydrogen-bond acceptors (Lipinski definition) is 6. The van der Waals surface area contributed by atoms with Gasteiger partial charge in [0, 0.05) is 30.3 Å². The van der Waals surface area contributed by atoms with Crippen LogP contribution in [0.4, 0.5) is 16.2 Å². The average Bonchev–Trinajstić information content (AvgIpc) is 3.11. The first-order chi connectivity index (χ1) is 14.3. The van der Waals surface area contributed by atoms with E-state index < -0.39 is 17.1 Å². The van der Waals surface area contributed by atoms with Crippen LogP contribution in [0.1, 0.15) is 22.8 Å². The summed E-state index contributed by atoms with van der Waals surface area (Å²) in [4.78, 5) is 46.9. The average molecular weight is 409 g/mol. The summed E-state index contributed by atoms with van der Waals surface area (Å²) in [6.07, 6.45) is 2.10. The van der Waals surface area contributed by atoms with Gasteiger partial charge in [-0.25, -0.2) is 4.79 Å². The summed E-state index contributed by atoms with van der Waals surface area (Å²) in [6.45, 7) is 1.98. The lowest BCUT2D eigenvalue weighted by atomic mass is 10.1. The highest BCUT2D eigenvalue weighted by atomic mass is 16.6. The number of non-ortho nitro benzene ring substituents is 1. The van der Waals surface area contributed by atoms with Gasteiger partial charge in [0.05, 0.1) is 18.0 Å². The second kappa shape index (κ2) is 8.99. The van der Waals surface area contributed by atoms with Gasteiger partial charge in [0.25, 0.3) is 5.69 Å². The van der Waals surface area contributed by atoms with E-state index in [-0.39, 0.29) is 23.9 Å². The number of ketones is 1. The minimum atomic E-state index is -0.524. The molecule has 0 unspecified atom stereocenters. The summed E-state index contributed by atoms with van der Waals surface area (Å²) in [5.74, 6) is -0.471. The van der Waals surface area contributed by atoms with Crippen LogP contribution >= 0.6 is 0 Å². The third-order valence-electron chi connectivity index (χ3n) is 4.45. The van der Waals surface area contributed by atoms with E-state index in [1.54, 1.807) is 30.3 Å². The van der Waals surface area contributed by atoms with E-state index in [4.69, 9.17) is 4.74 Å². The van der Waals surface area contributed by atoms with Crippen LogP contribution < -0.4 is 10.2 Å². The van der Waals surface area contributed by atoms with Gasteiger partial charge in [0.15, 0.2) is 5.78 Å². The Morgan fingerprint density at radius 3 is 2.47 bits per heavy atom. The molecule has 3 rings (SSSR count). The molecule has 30 heavy (non-hydrogen) atoms. The molecule has 1 aliphatic rings. The molecule has 154 valence electrons. The van der Waals surface area contributed by atoms with Crippen molar-refractivity contribution in [2.45, 2.75) is 13.0 Å². The zero-order valence-corrected chi connectivity index (χ0v) is 16.1. The molecule has 9 nitrogen and oxygen atoms in total. The van der Waals surface area contributed by atoms with Crippen LogP contribution in [0, 0.1) is 10.1 Å². The number of ether oxygens (including phenoxy) is 1. The van der Waals surface area contributed by atoms with Gasteiger partial charge < -0.3 is 10.1 Å². The first kappa shape index (κ1) is 20.7. The fraction of sp³-hybridized carbons (Fsp3) is 0.190. The number of nitro groups is 1. The molecular weight excluding hydrogens is 390 g/mol. The summed E-state index contributed by atoms with van der Waals surface area (Å²) in [7, 11) is 0. The number of benzene rings is 2. The number of hydrogen-bond donors (Lipinski definition) is 1. The second-order valence-electron chi connectivity index (χ2n) is 6.65. The van der Waals surface area contributed by atoms with Crippen molar-refractivity contribution in [1.82, 2.24) is 5.32 Å². The summed E-state index contributed by atoms with van der Waals surface area (Å²) in [6, 6.07) is 12.4. The van der Waals surface area contributed by atoms with Gasteiger partial charge in [0.1, 0.15) is 6.10 Å². The van der Waals surface area contributed by atoms with Crippen molar-refractivity contribution in [3.8, 4) is 0 Å². The summed E-state index contributed by atoms with van der Waals surface area (Å²) >= 11 is 0. The molecule has 2 aromatic carbocycles. The maximum Gasteiger partial charge on any atom is 0.414 e. The molecule has 2 aromatic rings. The van der Waals surface area contributed by atoms with E-state index in [2.05, 4.69) is 5.32 Å². The summed E-state index contributed by atoms with van der Waals surface area (Å²) in [5, 5.41) is 13.3. The van der Waals surface area contributed by atoms with E-state index in [0.29, 0.717) is 17.8 Å². The Kier molecular flexibility index (Phi) is 6.21. The molecule has 1 atom stereocenters. The van der Waals surface area contributed by atoms with Crippen LogP contribution in [0.2, 0.25) is 0 Å². The van der Waals surface area contributed by atoms with E-state index in [9.17, 15) is 24.5 Å². The van der Waals surface area contributed by atoms with Crippen LogP contribution in [-0.2, 0) is 9.53 Å². The van der Waals surface area contributed by atoms with Gasteiger partial charge in [-0.05, 0) is 35.9 Å². The summed E-state index contributed by atoms with van der Waals surface area (Å²) < 4.78 is 5.23. The topological polar surface area (TPSA) is 119 Å². The SMILES string of the molecule is CC(=O)NC[C@H]1CN(c2ccc(/C=C/C(=O)c3ccc([N+](=O)[O-])cc3)cc2)C(=O)O1. The minimum absolute atomic E-state index is 0.0779. The zero-order valence-electron chi connectivity index (χ0n) is 16.1. The predicted octanol–water partition coefficient (Wildman–Crippen LogP) is 2.95. The maximum absolute atomic E-state index is 12.2. The van der Waals surface area contributed by atoms with Gasteiger partial charge in [-0.15, -0.1) is 0 Å². The Morgan fingerprint density at radius 1 is 1.20 bits per heavy atom. The number of carbonyl (C=O) groups excluding carboxylic acids is 3.